The van der Waals surface area contributed by atoms with Crippen molar-refractivity contribution in [3.8, 4) is 5.88 Å². The Kier molecular flexibility index (Phi) is 4.47. The van der Waals surface area contributed by atoms with Gasteiger partial charge in [-0.3, -0.25) is 0 Å². The molecule has 1 atom stereocenters. The van der Waals surface area contributed by atoms with Gasteiger partial charge in [-0.15, -0.1) is 10.2 Å². The molecule has 0 saturated heterocycles. The molecule has 2 heterocycles. The van der Waals surface area contributed by atoms with Crippen molar-refractivity contribution in [1.82, 2.24) is 20.5 Å². The van der Waals surface area contributed by atoms with E-state index < -0.39 is 0 Å². The summed E-state index contributed by atoms with van der Waals surface area (Å²) in [5.41, 5.74) is 8.82. The summed E-state index contributed by atoms with van der Waals surface area (Å²) < 4.78 is 5.03. The fraction of sp³-hybridized carbons (Fsp3) is 0.357. The number of nitrogen functional groups attached to an aromatic ring is 1. The number of nitrogens with one attached hydrogen (secondary N) is 1. The van der Waals surface area contributed by atoms with E-state index in [-0.39, 0.29) is 6.04 Å². The molecule has 0 spiro atoms. The first kappa shape index (κ1) is 14.2. The second kappa shape index (κ2) is 6.29. The van der Waals surface area contributed by atoms with Crippen LogP contribution >= 0.6 is 0 Å². The van der Waals surface area contributed by atoms with Crippen molar-refractivity contribution in [1.29, 1.82) is 0 Å². The van der Waals surface area contributed by atoms with Gasteiger partial charge in [0.05, 0.1) is 18.8 Å². The predicted octanol–water partition coefficient (Wildman–Crippen LogP) is 1.47. The molecule has 0 fully saturated rings. The molecule has 0 aliphatic rings. The Morgan fingerprint density at radius 1 is 1.30 bits per heavy atom. The van der Waals surface area contributed by atoms with Gasteiger partial charge in [-0.2, -0.15) is 0 Å². The molecule has 20 heavy (non-hydrogen) atoms. The van der Waals surface area contributed by atoms with Crippen molar-refractivity contribution in [2.75, 3.05) is 19.4 Å². The van der Waals surface area contributed by atoms with Crippen molar-refractivity contribution in [2.24, 2.45) is 0 Å². The minimum atomic E-state index is -0.132. The lowest BCUT2D eigenvalue weighted by atomic mass is 9.99. The Morgan fingerprint density at radius 3 is 2.65 bits per heavy atom. The van der Waals surface area contributed by atoms with Crippen molar-refractivity contribution in [3.63, 3.8) is 0 Å². The summed E-state index contributed by atoms with van der Waals surface area (Å²) in [6.07, 6.45) is 1.71. The third-order valence-electron chi connectivity index (χ3n) is 3.10. The van der Waals surface area contributed by atoms with E-state index in [0.717, 1.165) is 23.4 Å². The Morgan fingerprint density at radius 2 is 2.10 bits per heavy atom. The first-order valence-electron chi connectivity index (χ1n) is 6.49. The number of aromatic nitrogens is 3. The molecule has 0 radical (unpaired) electrons. The van der Waals surface area contributed by atoms with Crippen molar-refractivity contribution >= 4 is 5.82 Å². The summed E-state index contributed by atoms with van der Waals surface area (Å²) in [5, 5.41) is 11.6. The van der Waals surface area contributed by atoms with E-state index in [4.69, 9.17) is 10.5 Å². The van der Waals surface area contributed by atoms with E-state index in [1.807, 2.05) is 26.0 Å². The number of aryl methyl sites for hydroxylation is 1. The van der Waals surface area contributed by atoms with Gasteiger partial charge in [0.2, 0.25) is 5.88 Å². The maximum absolute atomic E-state index is 6.02. The lowest BCUT2D eigenvalue weighted by molar-refractivity contribution is 0.390. The van der Waals surface area contributed by atoms with E-state index >= 15 is 0 Å². The van der Waals surface area contributed by atoms with Crippen molar-refractivity contribution in [2.45, 2.75) is 19.9 Å². The van der Waals surface area contributed by atoms with Crippen LogP contribution < -0.4 is 15.8 Å². The SMILES string of the molecule is CCNC(c1ccc(OC)nn1)c1c(C)ccnc1N. The number of hydrogen-bond donors (Lipinski definition) is 2. The van der Waals surface area contributed by atoms with Crippen LogP contribution in [0.3, 0.4) is 0 Å². The average Bonchev–Trinajstić information content (AvgIpc) is 2.46. The van der Waals surface area contributed by atoms with Crippen LogP contribution in [0, 0.1) is 6.92 Å². The second-order valence-corrected chi connectivity index (χ2v) is 4.42. The number of nitrogens with two attached hydrogens (primary N) is 1. The van der Waals surface area contributed by atoms with E-state index in [2.05, 4.69) is 20.5 Å². The molecular formula is C14H19N5O. The molecule has 0 saturated carbocycles. The fourth-order valence-electron chi connectivity index (χ4n) is 2.12. The monoisotopic (exact) mass is 273 g/mol. The first-order valence-corrected chi connectivity index (χ1v) is 6.49. The zero-order chi connectivity index (χ0) is 14.5. The molecule has 6 nitrogen and oxygen atoms in total. The van der Waals surface area contributed by atoms with Crippen LogP contribution in [0.15, 0.2) is 24.4 Å². The molecule has 0 aliphatic carbocycles. The van der Waals surface area contributed by atoms with Crippen molar-refractivity contribution in [3.05, 3.63) is 41.2 Å². The van der Waals surface area contributed by atoms with Gasteiger partial charge < -0.3 is 15.8 Å². The number of nitrogens with zero attached hydrogens (tertiary/aromatic N) is 3. The highest BCUT2D eigenvalue weighted by Crippen LogP contribution is 2.27. The van der Waals surface area contributed by atoms with E-state index in [1.54, 1.807) is 19.4 Å². The Bertz CT molecular complexity index is 550. The zero-order valence-corrected chi connectivity index (χ0v) is 11.9. The number of anilines is 1. The van der Waals surface area contributed by atoms with Gasteiger partial charge in [0.1, 0.15) is 5.82 Å². The quantitative estimate of drug-likeness (QED) is 0.858. The van der Waals surface area contributed by atoms with Gasteiger partial charge in [0, 0.05) is 17.8 Å². The second-order valence-electron chi connectivity index (χ2n) is 4.42. The van der Waals surface area contributed by atoms with Gasteiger partial charge >= 0.3 is 0 Å². The Hall–Kier alpha value is -2.21. The molecule has 0 aromatic carbocycles. The van der Waals surface area contributed by atoms with Crippen LogP contribution in [-0.4, -0.2) is 28.8 Å². The maximum atomic E-state index is 6.02. The fourth-order valence-corrected chi connectivity index (χ4v) is 2.12. The molecule has 0 amide bonds. The number of hydrogen-bond acceptors (Lipinski definition) is 6. The standard InChI is InChI=1S/C14H19N5O/c1-4-16-13(10-5-6-11(20-3)19-18-10)12-9(2)7-8-17-14(12)15/h5-8,13,16H,4H2,1-3H3,(H2,15,17). The first-order chi connectivity index (χ1) is 9.67. The summed E-state index contributed by atoms with van der Waals surface area (Å²) in [6, 6.07) is 5.47. The topological polar surface area (TPSA) is 86.0 Å². The summed E-state index contributed by atoms with van der Waals surface area (Å²) >= 11 is 0. The molecule has 2 aromatic heterocycles. The van der Waals surface area contributed by atoms with Crippen LogP contribution in [0.5, 0.6) is 5.88 Å². The van der Waals surface area contributed by atoms with E-state index in [9.17, 15) is 0 Å². The largest absolute Gasteiger partial charge is 0.480 e. The number of rotatable bonds is 5. The highest BCUT2D eigenvalue weighted by molar-refractivity contribution is 5.48. The summed E-state index contributed by atoms with van der Waals surface area (Å²) in [4.78, 5) is 4.17. The van der Waals surface area contributed by atoms with E-state index in [0.29, 0.717) is 11.7 Å². The maximum Gasteiger partial charge on any atom is 0.233 e. The Labute approximate surface area is 118 Å². The highest BCUT2D eigenvalue weighted by Gasteiger charge is 2.20. The van der Waals surface area contributed by atoms with Gasteiger partial charge in [-0.1, -0.05) is 6.92 Å². The number of pyridine rings is 1. The molecule has 1 unspecified atom stereocenters. The minimum Gasteiger partial charge on any atom is -0.480 e. The highest BCUT2D eigenvalue weighted by atomic mass is 16.5. The summed E-state index contributed by atoms with van der Waals surface area (Å²) in [5.74, 6) is 0.994. The third-order valence-corrected chi connectivity index (χ3v) is 3.10. The van der Waals surface area contributed by atoms with Crippen LogP contribution in [0.2, 0.25) is 0 Å². The van der Waals surface area contributed by atoms with Gasteiger partial charge in [-0.05, 0) is 31.2 Å². The van der Waals surface area contributed by atoms with Gasteiger partial charge in [0.25, 0.3) is 0 Å². The minimum absolute atomic E-state index is 0.132. The summed E-state index contributed by atoms with van der Waals surface area (Å²) in [6.45, 7) is 4.83. The average molecular weight is 273 g/mol. The molecule has 0 bridgehead atoms. The van der Waals surface area contributed by atoms with Crippen molar-refractivity contribution < 1.29 is 4.74 Å². The molecular weight excluding hydrogens is 254 g/mol. The van der Waals surface area contributed by atoms with Crippen LogP contribution in [-0.2, 0) is 0 Å². The van der Waals surface area contributed by atoms with Crippen LogP contribution in [0.4, 0.5) is 5.82 Å². The lowest BCUT2D eigenvalue weighted by Crippen LogP contribution is -2.25. The normalized spacial score (nSPS) is 12.2. The van der Waals surface area contributed by atoms with E-state index in [1.165, 1.54) is 0 Å². The molecule has 2 rings (SSSR count). The van der Waals surface area contributed by atoms with Crippen LogP contribution in [0.1, 0.15) is 29.8 Å². The smallest absolute Gasteiger partial charge is 0.233 e. The molecule has 3 N–H and O–H groups in total. The molecule has 0 aliphatic heterocycles. The molecule has 6 heteroatoms. The lowest BCUT2D eigenvalue weighted by Gasteiger charge is -2.20. The van der Waals surface area contributed by atoms with Gasteiger partial charge in [0.15, 0.2) is 0 Å². The Balaban J connectivity index is 2.44. The van der Waals surface area contributed by atoms with Gasteiger partial charge in [-0.25, -0.2) is 4.98 Å². The molecule has 2 aromatic rings. The summed E-state index contributed by atoms with van der Waals surface area (Å²) in [7, 11) is 1.56. The molecule has 106 valence electrons. The third kappa shape index (κ3) is 2.85. The number of ether oxygens (including phenoxy) is 1. The predicted molar refractivity (Wildman–Crippen MR) is 77.5 cm³/mol. The number of methoxy groups -OCH3 is 1. The zero-order valence-electron chi connectivity index (χ0n) is 11.9. The van der Waals surface area contributed by atoms with Crippen LogP contribution in [0.25, 0.3) is 0 Å².